The highest BCUT2D eigenvalue weighted by Crippen LogP contribution is 2.40. The number of rotatable bonds is 4. The molecule has 39 heavy (non-hydrogen) atoms. The first-order chi connectivity index (χ1) is 18.9. The molecule has 1 aliphatic heterocycles. The molecule has 4 aromatic carbocycles. The van der Waals surface area contributed by atoms with Gasteiger partial charge in [-0.15, -0.1) is 0 Å². The van der Waals surface area contributed by atoms with Crippen molar-refractivity contribution in [3.63, 3.8) is 0 Å². The van der Waals surface area contributed by atoms with Crippen molar-refractivity contribution in [1.82, 2.24) is 4.57 Å². The zero-order chi connectivity index (χ0) is 27.1. The highest BCUT2D eigenvalue weighted by Gasteiger charge is 2.56. The van der Waals surface area contributed by atoms with Gasteiger partial charge < -0.3 is 4.43 Å². The van der Waals surface area contributed by atoms with Crippen LogP contribution in [0.5, 0.6) is 5.75 Å². The molecule has 0 unspecified atom stereocenters. The number of aromatic nitrogens is 2. The van der Waals surface area contributed by atoms with E-state index in [4.69, 9.17) is 4.43 Å². The Morgan fingerprint density at radius 2 is 1.36 bits per heavy atom. The lowest BCUT2D eigenvalue weighted by Crippen LogP contribution is -2.78. The van der Waals surface area contributed by atoms with Crippen LogP contribution in [0, 0.1) is 13.8 Å². The zero-order valence-electron chi connectivity index (χ0n) is 23.6. The lowest BCUT2D eigenvalue weighted by Gasteiger charge is -2.34. The molecular formula is C35H35N2OSi+. The van der Waals surface area contributed by atoms with E-state index >= 15 is 0 Å². The van der Waals surface area contributed by atoms with Crippen molar-refractivity contribution in [2.45, 2.75) is 53.5 Å². The Labute approximate surface area is 231 Å². The molecule has 7 rings (SSSR count). The first kappa shape index (κ1) is 24.2. The second-order valence-electron chi connectivity index (χ2n) is 11.6. The van der Waals surface area contributed by atoms with Gasteiger partial charge in [-0.3, -0.25) is 0 Å². The summed E-state index contributed by atoms with van der Waals surface area (Å²) in [5, 5.41) is 7.85. The van der Waals surface area contributed by atoms with Crippen molar-refractivity contribution in [2.75, 3.05) is 0 Å². The molecule has 0 aliphatic carbocycles. The topological polar surface area (TPSA) is 18.3 Å². The fourth-order valence-corrected chi connectivity index (χ4v) is 11.3. The molecule has 0 spiro atoms. The van der Waals surface area contributed by atoms with Gasteiger partial charge >= 0.3 is 8.32 Å². The van der Waals surface area contributed by atoms with Crippen LogP contribution in [0.4, 0.5) is 0 Å². The fourth-order valence-electron chi connectivity index (χ4n) is 7.09. The van der Waals surface area contributed by atoms with Gasteiger partial charge in [0.05, 0.1) is 11.4 Å². The van der Waals surface area contributed by atoms with Crippen LogP contribution >= 0.6 is 0 Å². The quantitative estimate of drug-likeness (QED) is 0.151. The summed E-state index contributed by atoms with van der Waals surface area (Å²) >= 11 is 0. The van der Waals surface area contributed by atoms with Gasteiger partial charge in [-0.25, -0.2) is 4.57 Å². The van der Waals surface area contributed by atoms with Gasteiger partial charge in [-0.05, 0) is 54.3 Å². The van der Waals surface area contributed by atoms with E-state index in [9.17, 15) is 0 Å². The third-order valence-corrected chi connectivity index (χ3v) is 12.7. The molecule has 0 atom stereocenters. The van der Waals surface area contributed by atoms with Gasteiger partial charge in [-0.1, -0.05) is 98.8 Å². The molecule has 3 heterocycles. The maximum Gasteiger partial charge on any atom is 0.393 e. The van der Waals surface area contributed by atoms with Gasteiger partial charge in [0.25, 0.3) is 5.65 Å². The van der Waals surface area contributed by atoms with E-state index in [0.717, 1.165) is 5.75 Å². The van der Waals surface area contributed by atoms with Crippen molar-refractivity contribution < 1.29 is 8.83 Å². The van der Waals surface area contributed by atoms with Gasteiger partial charge in [0, 0.05) is 17.7 Å². The van der Waals surface area contributed by atoms with Crippen LogP contribution in [0.25, 0.3) is 27.3 Å². The molecule has 0 amide bonds. The largest absolute Gasteiger partial charge is 0.525 e. The van der Waals surface area contributed by atoms with E-state index in [-0.39, 0.29) is 0 Å². The summed E-state index contributed by atoms with van der Waals surface area (Å²) in [6, 6.07) is 33.5. The standard InChI is InChI=1S/C35H35N2OSi/c1-22(2)28-18-13-19-29-31-24(5)20-21-30-33(31)37-34(32(28)29)36(23(3)4)25(6)35(37)39(38-30,26-14-9-7-10-15-26)27-16-11-8-12-17-27/h7-23H,1-6H3/q+1. The normalized spacial score (nSPS) is 14.3. The van der Waals surface area contributed by atoms with E-state index < -0.39 is 8.32 Å². The highest BCUT2D eigenvalue weighted by atomic mass is 28.4. The number of hydrogen-bond donors (Lipinski definition) is 0. The molecule has 0 fully saturated rings. The third-order valence-electron chi connectivity index (χ3n) is 8.63. The molecule has 4 heteroatoms. The van der Waals surface area contributed by atoms with E-state index in [0.29, 0.717) is 12.0 Å². The van der Waals surface area contributed by atoms with Crippen LogP contribution in [0.1, 0.15) is 56.5 Å². The summed E-state index contributed by atoms with van der Waals surface area (Å²) in [6.07, 6.45) is 0. The van der Waals surface area contributed by atoms with Gasteiger partial charge in [0.15, 0.2) is 16.6 Å². The first-order valence-electron chi connectivity index (χ1n) is 14.1. The Balaban J connectivity index is 1.84. The maximum absolute atomic E-state index is 7.51. The second-order valence-corrected chi connectivity index (χ2v) is 14.8. The molecular weight excluding hydrogens is 492 g/mol. The minimum Gasteiger partial charge on any atom is -0.525 e. The Bertz CT molecular complexity index is 1860. The average molecular weight is 528 g/mol. The summed E-state index contributed by atoms with van der Waals surface area (Å²) in [7, 11) is -2.94. The molecule has 194 valence electrons. The molecule has 0 N–H and O–H groups in total. The van der Waals surface area contributed by atoms with Crippen LogP contribution < -0.4 is 24.5 Å². The lowest BCUT2D eigenvalue weighted by molar-refractivity contribution is -0.462. The van der Waals surface area contributed by atoms with E-state index in [1.807, 2.05) is 0 Å². The molecule has 0 bridgehead atoms. The first-order valence-corrected chi connectivity index (χ1v) is 16.0. The highest BCUT2D eigenvalue weighted by molar-refractivity contribution is 7.07. The second kappa shape index (κ2) is 8.55. The Hall–Kier alpha value is -3.89. The zero-order valence-corrected chi connectivity index (χ0v) is 24.6. The summed E-state index contributed by atoms with van der Waals surface area (Å²) in [6.45, 7) is 13.8. The van der Waals surface area contributed by atoms with Crippen molar-refractivity contribution in [1.29, 1.82) is 0 Å². The molecule has 0 radical (unpaired) electrons. The molecule has 1 aliphatic rings. The predicted molar refractivity (Wildman–Crippen MR) is 165 cm³/mol. The maximum atomic E-state index is 7.51. The molecule has 3 nitrogen and oxygen atoms in total. The third kappa shape index (κ3) is 3.12. The Kier molecular flexibility index (Phi) is 5.30. The summed E-state index contributed by atoms with van der Waals surface area (Å²) in [5.74, 6) is 1.39. The van der Waals surface area contributed by atoms with Gasteiger partial charge in [0.1, 0.15) is 5.69 Å². The van der Waals surface area contributed by atoms with E-state index in [2.05, 4.69) is 142 Å². The smallest absolute Gasteiger partial charge is 0.393 e. The minimum absolute atomic E-state index is 0.291. The number of aryl methyl sites for hydroxylation is 1. The predicted octanol–water partition coefficient (Wildman–Crippen LogP) is 6.21. The number of pyridine rings is 1. The van der Waals surface area contributed by atoms with Crippen molar-refractivity contribution in [3.8, 4) is 5.75 Å². The number of hydrogen-bond acceptors (Lipinski definition) is 1. The lowest BCUT2D eigenvalue weighted by atomic mass is 9.93. The van der Waals surface area contributed by atoms with E-state index in [1.54, 1.807) is 0 Å². The molecule has 0 saturated heterocycles. The SMILES string of the molecule is Cc1ccc2c3c1c1cccc(C(C)C)c1c1n(C(C)C)c(C)c([n+]31)[Si](c1ccccc1)(c1ccccc1)O2. The number of nitrogens with zero attached hydrogens (tertiary/aromatic N) is 2. The molecule has 2 aromatic heterocycles. The van der Waals surface area contributed by atoms with Crippen molar-refractivity contribution in [2.24, 2.45) is 0 Å². The number of benzene rings is 4. The Morgan fingerprint density at radius 3 is 1.95 bits per heavy atom. The van der Waals surface area contributed by atoms with Gasteiger partial charge in [-0.2, -0.15) is 4.40 Å². The van der Waals surface area contributed by atoms with Crippen molar-refractivity contribution >= 4 is 51.3 Å². The minimum atomic E-state index is -2.94. The fraction of sp³-hybridized carbons (Fsp3) is 0.229. The van der Waals surface area contributed by atoms with Crippen LogP contribution in [0.15, 0.2) is 91.0 Å². The monoisotopic (exact) mass is 527 g/mol. The van der Waals surface area contributed by atoms with Crippen LogP contribution in [-0.2, 0) is 0 Å². The number of fused-ring (bicyclic) bond motifs is 3. The average Bonchev–Trinajstić information content (AvgIpc) is 3.27. The molecule has 0 saturated carbocycles. The van der Waals surface area contributed by atoms with Crippen molar-refractivity contribution in [3.05, 3.63) is 108 Å². The van der Waals surface area contributed by atoms with Crippen LogP contribution in [-0.4, -0.2) is 12.9 Å². The Morgan fingerprint density at radius 1 is 0.718 bits per heavy atom. The van der Waals surface area contributed by atoms with Gasteiger partial charge in [0.2, 0.25) is 0 Å². The summed E-state index contributed by atoms with van der Waals surface area (Å²) in [5.41, 5.74) is 6.47. The van der Waals surface area contributed by atoms with Crippen LogP contribution in [0.2, 0.25) is 0 Å². The van der Waals surface area contributed by atoms with Crippen LogP contribution in [0.3, 0.4) is 0 Å². The number of imidazole rings is 1. The summed E-state index contributed by atoms with van der Waals surface area (Å²) < 4.78 is 12.7. The summed E-state index contributed by atoms with van der Waals surface area (Å²) in [4.78, 5) is 0. The van der Waals surface area contributed by atoms with E-state index in [1.165, 1.54) is 59.8 Å². The molecule has 6 aromatic rings.